The molecule has 2 rings (SSSR count). The fourth-order valence-electron chi connectivity index (χ4n) is 3.10. The van der Waals surface area contributed by atoms with E-state index in [4.69, 9.17) is 4.74 Å². The monoisotopic (exact) mass is 355 g/mol. The summed E-state index contributed by atoms with van der Waals surface area (Å²) in [5.74, 6) is 0.914. The number of rotatable bonds is 6. The number of carbonyl (C=O) groups is 1. The zero-order chi connectivity index (χ0) is 19.7. The second-order valence-electron chi connectivity index (χ2n) is 7.26. The lowest BCUT2D eigenvalue weighted by atomic mass is 9.78. The van der Waals surface area contributed by atoms with Crippen molar-refractivity contribution in [2.45, 2.75) is 53.4 Å². The Hall–Kier alpha value is -2.29. The summed E-state index contributed by atoms with van der Waals surface area (Å²) in [6.45, 7) is 13.0. The first kappa shape index (κ1) is 21.8. The molecule has 0 aliphatic rings. The summed E-state index contributed by atoms with van der Waals surface area (Å²) in [5, 5.41) is 3.05. The molecule has 0 heterocycles. The largest absolute Gasteiger partial charge is 0.494 e. The van der Waals surface area contributed by atoms with Gasteiger partial charge >= 0.3 is 0 Å². The van der Waals surface area contributed by atoms with Gasteiger partial charge in [-0.3, -0.25) is 0 Å². The molecule has 0 aliphatic carbocycles. The maximum absolute atomic E-state index is 10.8. The van der Waals surface area contributed by atoms with Crippen molar-refractivity contribution in [1.29, 1.82) is 0 Å². The van der Waals surface area contributed by atoms with Crippen molar-refractivity contribution in [2.24, 2.45) is 0 Å². The first-order chi connectivity index (χ1) is 12.2. The molecule has 0 bridgehead atoms. The Kier molecular flexibility index (Phi) is 8.37. The average Bonchev–Trinajstić information content (AvgIpc) is 2.55. The molecule has 0 amide bonds. The van der Waals surface area contributed by atoms with E-state index in [-0.39, 0.29) is 5.41 Å². The van der Waals surface area contributed by atoms with Gasteiger partial charge in [0.05, 0.1) is 6.61 Å². The minimum atomic E-state index is -0.177. The van der Waals surface area contributed by atoms with Crippen LogP contribution in [0.15, 0.2) is 36.4 Å². The van der Waals surface area contributed by atoms with Gasteiger partial charge in [-0.25, -0.2) is 0 Å². The molecule has 1 N–H and O–H groups in total. The van der Waals surface area contributed by atoms with E-state index >= 15 is 0 Å². The summed E-state index contributed by atoms with van der Waals surface area (Å²) in [6.07, 6.45) is 1.49. The van der Waals surface area contributed by atoms with E-state index in [1.165, 1.54) is 22.4 Å². The third-order valence-corrected chi connectivity index (χ3v) is 4.35. The second kappa shape index (κ2) is 10.0. The lowest BCUT2D eigenvalue weighted by Gasteiger charge is -2.27. The predicted octanol–water partition coefficient (Wildman–Crippen LogP) is 5.61. The van der Waals surface area contributed by atoms with Gasteiger partial charge in [0.25, 0.3) is 0 Å². The van der Waals surface area contributed by atoms with Crippen molar-refractivity contribution >= 4 is 12.0 Å². The van der Waals surface area contributed by atoms with Gasteiger partial charge in [0.2, 0.25) is 0 Å². The van der Waals surface area contributed by atoms with E-state index in [0.29, 0.717) is 13.0 Å². The second-order valence-corrected chi connectivity index (χ2v) is 7.26. The van der Waals surface area contributed by atoms with E-state index in [9.17, 15) is 4.79 Å². The Morgan fingerprint density at radius 2 is 1.65 bits per heavy atom. The smallest absolute Gasteiger partial charge is 0.123 e. The zero-order valence-corrected chi connectivity index (χ0v) is 17.3. The number of anilines is 1. The van der Waals surface area contributed by atoms with Gasteiger partial charge in [-0.05, 0) is 57.0 Å². The van der Waals surface area contributed by atoms with E-state index < -0.39 is 0 Å². The lowest BCUT2D eigenvalue weighted by Crippen LogP contribution is -2.20. The Bertz CT molecular complexity index is 703. The van der Waals surface area contributed by atoms with Crippen LogP contribution in [0.5, 0.6) is 5.75 Å². The predicted molar refractivity (Wildman–Crippen MR) is 112 cm³/mol. The van der Waals surface area contributed by atoms with E-state index in [2.05, 4.69) is 76.3 Å². The molecular weight excluding hydrogens is 322 g/mol. The number of aldehydes is 1. The molecule has 3 nitrogen and oxygen atoms in total. The van der Waals surface area contributed by atoms with Gasteiger partial charge in [0, 0.05) is 30.1 Å². The molecule has 0 saturated carbocycles. The lowest BCUT2D eigenvalue weighted by molar-refractivity contribution is -0.108. The number of hydrogen-bond donors (Lipinski definition) is 1. The summed E-state index contributed by atoms with van der Waals surface area (Å²) >= 11 is 0. The van der Waals surface area contributed by atoms with Crippen molar-refractivity contribution in [2.75, 3.05) is 19.0 Å². The molecule has 2 aromatic rings. The van der Waals surface area contributed by atoms with Crippen LogP contribution < -0.4 is 10.1 Å². The normalized spacial score (nSPS) is 10.6. The molecule has 0 aromatic heterocycles. The minimum absolute atomic E-state index is 0.177. The molecule has 0 aliphatic heterocycles. The Balaban J connectivity index is 0.000000314. The fraction of sp³-hybridized carbons (Fsp3) is 0.435. The molecular formula is C23H33NO2. The summed E-state index contributed by atoms with van der Waals surface area (Å²) < 4.78 is 5.72. The van der Waals surface area contributed by atoms with Crippen LogP contribution in [0.25, 0.3) is 0 Å². The van der Waals surface area contributed by atoms with Gasteiger partial charge in [0.1, 0.15) is 12.0 Å². The van der Waals surface area contributed by atoms with Crippen molar-refractivity contribution < 1.29 is 9.53 Å². The van der Waals surface area contributed by atoms with Crippen molar-refractivity contribution in [1.82, 2.24) is 0 Å². The van der Waals surface area contributed by atoms with Gasteiger partial charge in [0.15, 0.2) is 0 Å². The van der Waals surface area contributed by atoms with Crippen molar-refractivity contribution in [3.05, 3.63) is 58.7 Å². The Morgan fingerprint density at radius 3 is 2.15 bits per heavy atom. The Labute approximate surface area is 158 Å². The van der Waals surface area contributed by atoms with Gasteiger partial charge in [-0.15, -0.1) is 0 Å². The van der Waals surface area contributed by atoms with Crippen LogP contribution in [0.1, 0.15) is 49.4 Å². The fourth-order valence-corrected chi connectivity index (χ4v) is 3.10. The van der Waals surface area contributed by atoms with Crippen LogP contribution in [-0.4, -0.2) is 19.9 Å². The molecule has 0 spiro atoms. The molecule has 3 heteroatoms. The number of aryl methyl sites for hydroxylation is 3. The molecule has 2 aromatic carbocycles. The number of hydrogen-bond acceptors (Lipinski definition) is 3. The van der Waals surface area contributed by atoms with Crippen LogP contribution in [0.4, 0.5) is 5.69 Å². The van der Waals surface area contributed by atoms with Crippen LogP contribution in [0, 0.1) is 20.8 Å². The molecule has 0 atom stereocenters. The van der Waals surface area contributed by atoms with E-state index in [1.807, 2.05) is 14.0 Å². The van der Waals surface area contributed by atoms with Crippen LogP contribution >= 0.6 is 0 Å². The van der Waals surface area contributed by atoms with Crippen LogP contribution in [-0.2, 0) is 10.2 Å². The first-order valence-corrected chi connectivity index (χ1v) is 9.17. The third-order valence-electron chi connectivity index (χ3n) is 4.35. The number of ether oxygens (including phenoxy) is 1. The van der Waals surface area contributed by atoms with E-state index in [1.54, 1.807) is 0 Å². The molecule has 142 valence electrons. The number of nitrogens with one attached hydrogen (secondary N) is 1. The first-order valence-electron chi connectivity index (χ1n) is 9.17. The SMILES string of the molecule is CCOc1cc(C)cc(C)c1C(C)(C)CC=O.CNc1ccc(C)cc1. The van der Waals surface area contributed by atoms with Gasteiger partial charge in [-0.2, -0.15) is 0 Å². The highest BCUT2D eigenvalue weighted by Crippen LogP contribution is 2.37. The molecule has 0 radical (unpaired) electrons. The summed E-state index contributed by atoms with van der Waals surface area (Å²) in [4.78, 5) is 10.8. The van der Waals surface area contributed by atoms with Gasteiger partial charge < -0.3 is 14.8 Å². The zero-order valence-electron chi connectivity index (χ0n) is 17.3. The van der Waals surface area contributed by atoms with Crippen molar-refractivity contribution in [3.63, 3.8) is 0 Å². The minimum Gasteiger partial charge on any atom is -0.494 e. The molecule has 26 heavy (non-hydrogen) atoms. The summed E-state index contributed by atoms with van der Waals surface area (Å²) in [6, 6.07) is 12.5. The molecule has 0 saturated heterocycles. The molecule has 0 fully saturated rings. The third kappa shape index (κ3) is 6.21. The number of benzene rings is 2. The highest BCUT2D eigenvalue weighted by Gasteiger charge is 2.26. The average molecular weight is 356 g/mol. The van der Waals surface area contributed by atoms with Crippen LogP contribution in [0.3, 0.4) is 0 Å². The quantitative estimate of drug-likeness (QED) is 0.685. The molecule has 0 unspecified atom stereocenters. The van der Waals surface area contributed by atoms with Gasteiger partial charge in [-0.1, -0.05) is 37.6 Å². The van der Waals surface area contributed by atoms with Crippen molar-refractivity contribution in [3.8, 4) is 5.75 Å². The maximum Gasteiger partial charge on any atom is 0.123 e. The summed E-state index contributed by atoms with van der Waals surface area (Å²) in [5.41, 5.74) is 5.83. The number of carbonyl (C=O) groups excluding carboxylic acids is 1. The van der Waals surface area contributed by atoms with Crippen LogP contribution in [0.2, 0.25) is 0 Å². The highest BCUT2D eigenvalue weighted by molar-refractivity contribution is 5.56. The Morgan fingerprint density at radius 1 is 1.04 bits per heavy atom. The summed E-state index contributed by atoms with van der Waals surface area (Å²) in [7, 11) is 1.92. The highest BCUT2D eigenvalue weighted by atomic mass is 16.5. The standard InChI is InChI=1S/C15H22O2.C8H11N/c1-6-17-13-10-11(2)9-12(3)14(13)15(4,5)7-8-16;1-7-3-5-8(9-2)6-4-7/h8-10H,6-7H2,1-5H3;3-6,9H,1-2H3. The topological polar surface area (TPSA) is 38.3 Å². The van der Waals surface area contributed by atoms with E-state index in [0.717, 1.165) is 17.6 Å². The maximum atomic E-state index is 10.8.